The summed E-state index contributed by atoms with van der Waals surface area (Å²) >= 11 is 0. The van der Waals surface area contributed by atoms with E-state index >= 15 is 0 Å². The van der Waals surface area contributed by atoms with E-state index in [1.807, 2.05) is 6.07 Å². The molecule has 1 aromatic carbocycles. The number of methoxy groups -OCH3 is 1. The number of fused-ring (bicyclic) bond motifs is 1. The highest BCUT2D eigenvalue weighted by Crippen LogP contribution is 2.31. The van der Waals surface area contributed by atoms with Crippen LogP contribution in [0.3, 0.4) is 0 Å². The van der Waals surface area contributed by atoms with Crippen LogP contribution in [0.1, 0.15) is 11.1 Å². The highest BCUT2D eigenvalue weighted by atomic mass is 16.7. The van der Waals surface area contributed by atoms with Gasteiger partial charge in [0, 0.05) is 11.1 Å². The molecule has 0 atom stereocenters. The van der Waals surface area contributed by atoms with Crippen LogP contribution in [-0.2, 0) is 18.0 Å². The zero-order valence-electron chi connectivity index (χ0n) is 7.95. The number of hydrogen-bond donors (Lipinski definition) is 1. The van der Waals surface area contributed by atoms with E-state index < -0.39 is 0 Å². The molecule has 0 fully saturated rings. The van der Waals surface area contributed by atoms with Crippen molar-refractivity contribution in [3.63, 3.8) is 0 Å². The van der Waals surface area contributed by atoms with Crippen LogP contribution in [0.5, 0.6) is 11.5 Å². The first-order valence-electron chi connectivity index (χ1n) is 4.36. The van der Waals surface area contributed by atoms with Crippen molar-refractivity contribution in [3.05, 3.63) is 23.3 Å². The van der Waals surface area contributed by atoms with Gasteiger partial charge in [0.05, 0.1) is 20.3 Å². The summed E-state index contributed by atoms with van der Waals surface area (Å²) < 4.78 is 15.5. The van der Waals surface area contributed by atoms with E-state index in [-0.39, 0.29) is 13.4 Å². The van der Waals surface area contributed by atoms with E-state index in [0.29, 0.717) is 12.4 Å². The van der Waals surface area contributed by atoms with Gasteiger partial charge in [-0.3, -0.25) is 0 Å². The summed E-state index contributed by atoms with van der Waals surface area (Å²) in [6.07, 6.45) is 0. The van der Waals surface area contributed by atoms with Gasteiger partial charge in [0.25, 0.3) is 0 Å². The van der Waals surface area contributed by atoms with E-state index in [9.17, 15) is 0 Å². The van der Waals surface area contributed by atoms with Gasteiger partial charge in [0.15, 0.2) is 6.79 Å². The molecule has 4 heteroatoms. The Labute approximate surface area is 82.0 Å². The standard InChI is InChI=1S/C10H12O4/c1-12-9-3-8-5-13-6-14-10(8)2-7(9)4-11/h2-3,11H,4-6H2,1H3. The monoisotopic (exact) mass is 196 g/mol. The molecule has 1 N–H and O–H groups in total. The lowest BCUT2D eigenvalue weighted by Gasteiger charge is -2.19. The molecule has 0 aromatic heterocycles. The van der Waals surface area contributed by atoms with Crippen molar-refractivity contribution in [1.29, 1.82) is 0 Å². The number of hydrogen-bond acceptors (Lipinski definition) is 4. The number of ether oxygens (including phenoxy) is 3. The maximum Gasteiger partial charge on any atom is 0.189 e. The summed E-state index contributed by atoms with van der Waals surface area (Å²) in [5.41, 5.74) is 1.68. The van der Waals surface area contributed by atoms with Crippen LogP contribution in [0.15, 0.2) is 12.1 Å². The normalized spacial score (nSPS) is 14.4. The van der Waals surface area contributed by atoms with Crippen LogP contribution in [-0.4, -0.2) is 19.0 Å². The van der Waals surface area contributed by atoms with Gasteiger partial charge >= 0.3 is 0 Å². The van der Waals surface area contributed by atoms with Crippen molar-refractivity contribution >= 4 is 0 Å². The molecule has 0 aliphatic carbocycles. The van der Waals surface area contributed by atoms with E-state index in [0.717, 1.165) is 16.9 Å². The van der Waals surface area contributed by atoms with Gasteiger partial charge in [0.1, 0.15) is 11.5 Å². The minimum atomic E-state index is -0.0549. The van der Waals surface area contributed by atoms with Gasteiger partial charge in [0.2, 0.25) is 0 Å². The van der Waals surface area contributed by atoms with Gasteiger partial charge in [-0.2, -0.15) is 0 Å². The van der Waals surface area contributed by atoms with Gasteiger partial charge in [-0.1, -0.05) is 0 Å². The van der Waals surface area contributed by atoms with E-state index in [1.165, 1.54) is 0 Å². The van der Waals surface area contributed by atoms with Gasteiger partial charge in [-0.15, -0.1) is 0 Å². The Morgan fingerprint density at radius 1 is 1.50 bits per heavy atom. The molecule has 1 heterocycles. The molecule has 0 saturated heterocycles. The Bertz CT molecular complexity index is 291. The molecule has 1 aromatic rings. The average molecular weight is 196 g/mol. The summed E-state index contributed by atoms with van der Waals surface area (Å²) in [4.78, 5) is 0. The molecular weight excluding hydrogens is 184 g/mol. The topological polar surface area (TPSA) is 47.9 Å². The largest absolute Gasteiger partial charge is 0.496 e. The third kappa shape index (κ3) is 1.54. The molecule has 0 unspecified atom stereocenters. The number of benzene rings is 1. The average Bonchev–Trinajstić information content (AvgIpc) is 2.27. The Morgan fingerprint density at radius 2 is 2.36 bits per heavy atom. The van der Waals surface area contributed by atoms with E-state index in [1.54, 1.807) is 13.2 Å². The second-order valence-corrected chi connectivity index (χ2v) is 3.04. The fourth-order valence-electron chi connectivity index (χ4n) is 1.46. The predicted molar refractivity (Wildman–Crippen MR) is 49.2 cm³/mol. The summed E-state index contributed by atoms with van der Waals surface area (Å²) in [7, 11) is 1.57. The molecule has 76 valence electrons. The Balaban J connectivity index is 2.43. The molecule has 4 nitrogen and oxygen atoms in total. The summed E-state index contributed by atoms with van der Waals surface area (Å²) in [5, 5.41) is 9.08. The molecule has 0 amide bonds. The minimum Gasteiger partial charge on any atom is -0.496 e. The van der Waals surface area contributed by atoms with Crippen LogP contribution >= 0.6 is 0 Å². The first kappa shape index (κ1) is 9.30. The quantitative estimate of drug-likeness (QED) is 0.768. The lowest BCUT2D eigenvalue weighted by atomic mass is 10.1. The fraction of sp³-hybridized carbons (Fsp3) is 0.400. The fourth-order valence-corrected chi connectivity index (χ4v) is 1.46. The lowest BCUT2D eigenvalue weighted by molar-refractivity contribution is -0.0166. The summed E-state index contributed by atoms with van der Waals surface area (Å²) in [6.45, 7) is 0.738. The maximum absolute atomic E-state index is 9.08. The van der Waals surface area contributed by atoms with E-state index in [2.05, 4.69) is 0 Å². The predicted octanol–water partition coefficient (Wildman–Crippen LogP) is 1.05. The third-order valence-corrected chi connectivity index (χ3v) is 2.19. The number of aliphatic hydroxyl groups excluding tert-OH is 1. The Morgan fingerprint density at radius 3 is 3.07 bits per heavy atom. The van der Waals surface area contributed by atoms with Crippen LogP contribution in [0.25, 0.3) is 0 Å². The SMILES string of the molecule is COc1cc2c(cc1CO)OCOC2. The van der Waals surface area contributed by atoms with Crippen LogP contribution in [0, 0.1) is 0 Å². The Hall–Kier alpha value is -1.26. The zero-order valence-corrected chi connectivity index (χ0v) is 7.95. The number of rotatable bonds is 2. The molecule has 0 spiro atoms. The molecule has 1 aliphatic rings. The second-order valence-electron chi connectivity index (χ2n) is 3.04. The maximum atomic E-state index is 9.08. The van der Waals surface area contributed by atoms with Crippen LogP contribution in [0.4, 0.5) is 0 Å². The van der Waals surface area contributed by atoms with Gasteiger partial charge in [-0.25, -0.2) is 0 Å². The van der Waals surface area contributed by atoms with Crippen molar-refractivity contribution in [1.82, 2.24) is 0 Å². The van der Waals surface area contributed by atoms with Gasteiger partial charge < -0.3 is 19.3 Å². The minimum absolute atomic E-state index is 0.0549. The van der Waals surface area contributed by atoms with Crippen molar-refractivity contribution in [3.8, 4) is 11.5 Å². The Kier molecular flexibility index (Phi) is 2.56. The van der Waals surface area contributed by atoms with Crippen LogP contribution in [0.2, 0.25) is 0 Å². The third-order valence-electron chi connectivity index (χ3n) is 2.19. The highest BCUT2D eigenvalue weighted by molar-refractivity contribution is 5.46. The van der Waals surface area contributed by atoms with Crippen LogP contribution < -0.4 is 9.47 Å². The smallest absolute Gasteiger partial charge is 0.189 e. The molecular formula is C10H12O4. The first-order valence-corrected chi connectivity index (χ1v) is 4.36. The summed E-state index contributed by atoms with van der Waals surface area (Å²) in [6, 6.07) is 3.62. The molecule has 0 saturated carbocycles. The first-order chi connectivity index (χ1) is 6.85. The van der Waals surface area contributed by atoms with Gasteiger partial charge in [-0.05, 0) is 12.1 Å². The molecule has 1 aliphatic heterocycles. The van der Waals surface area contributed by atoms with Crippen molar-refractivity contribution in [2.24, 2.45) is 0 Å². The zero-order chi connectivity index (χ0) is 9.97. The second kappa shape index (κ2) is 3.86. The molecule has 0 radical (unpaired) electrons. The van der Waals surface area contributed by atoms with Crippen molar-refractivity contribution < 1.29 is 19.3 Å². The highest BCUT2D eigenvalue weighted by Gasteiger charge is 2.14. The molecule has 0 bridgehead atoms. The molecule has 14 heavy (non-hydrogen) atoms. The summed E-state index contributed by atoms with van der Waals surface area (Å²) in [5.74, 6) is 1.43. The van der Waals surface area contributed by atoms with Crippen molar-refractivity contribution in [2.45, 2.75) is 13.2 Å². The number of aliphatic hydroxyl groups is 1. The lowest BCUT2D eigenvalue weighted by Crippen LogP contribution is -2.12. The van der Waals surface area contributed by atoms with Crippen molar-refractivity contribution in [2.75, 3.05) is 13.9 Å². The van der Waals surface area contributed by atoms with E-state index in [4.69, 9.17) is 19.3 Å². The molecule has 2 rings (SSSR count).